The van der Waals surface area contributed by atoms with E-state index in [0.29, 0.717) is 17.7 Å². The fourth-order valence-corrected chi connectivity index (χ4v) is 2.06. The van der Waals surface area contributed by atoms with Crippen molar-refractivity contribution in [3.05, 3.63) is 53.1 Å². The molecule has 0 atom stereocenters. The van der Waals surface area contributed by atoms with Crippen molar-refractivity contribution in [2.75, 3.05) is 6.54 Å². The van der Waals surface area contributed by atoms with E-state index in [9.17, 15) is 15.3 Å². The lowest BCUT2D eigenvalue weighted by Crippen LogP contribution is -2.21. The van der Waals surface area contributed by atoms with Crippen LogP contribution in [-0.4, -0.2) is 39.8 Å². The molecule has 0 radical (unpaired) electrons. The quantitative estimate of drug-likeness (QED) is 0.736. The Morgan fingerprint density at radius 3 is 2.21 bits per heavy atom. The third-order valence-electron chi connectivity index (χ3n) is 3.46. The molecule has 0 aliphatic carbocycles. The van der Waals surface area contributed by atoms with Gasteiger partial charge in [-0.05, 0) is 50.6 Å². The average molecular weight is 326 g/mol. The Morgan fingerprint density at radius 2 is 1.54 bits per heavy atom. The van der Waals surface area contributed by atoms with Crippen molar-refractivity contribution in [3.8, 4) is 17.2 Å². The molecule has 0 fully saturated rings. The van der Waals surface area contributed by atoms with Gasteiger partial charge >= 0.3 is 0 Å². The minimum Gasteiger partial charge on any atom is -0.508 e. The van der Waals surface area contributed by atoms with E-state index in [1.165, 1.54) is 12.1 Å². The fraction of sp³-hybridized carbons (Fsp3) is 0.263. The van der Waals surface area contributed by atoms with Gasteiger partial charge in [-0.25, -0.2) is 0 Å². The lowest BCUT2D eigenvalue weighted by Gasteiger charge is -2.16. The van der Waals surface area contributed by atoms with Gasteiger partial charge in [-0.3, -0.25) is 9.98 Å². The Kier molecular flexibility index (Phi) is 5.24. The Morgan fingerprint density at radius 1 is 0.917 bits per heavy atom. The van der Waals surface area contributed by atoms with Gasteiger partial charge in [0.15, 0.2) is 0 Å². The molecule has 24 heavy (non-hydrogen) atoms. The number of aliphatic imine (C=N–C) groups is 2. The fourth-order valence-electron chi connectivity index (χ4n) is 2.06. The SMILES string of the molecule is Cc1ccc(C=NCC(C)(C)N=Cc2ccc(O)cc2O)c(O)c1. The summed E-state index contributed by atoms with van der Waals surface area (Å²) in [5.74, 6) is 0.183. The van der Waals surface area contributed by atoms with Crippen molar-refractivity contribution in [2.24, 2.45) is 9.98 Å². The Bertz CT molecular complexity index is 780. The average Bonchev–Trinajstić information content (AvgIpc) is 2.48. The van der Waals surface area contributed by atoms with Crippen LogP contribution in [0, 0.1) is 6.92 Å². The monoisotopic (exact) mass is 326 g/mol. The summed E-state index contributed by atoms with van der Waals surface area (Å²) in [4.78, 5) is 8.79. The molecule has 0 unspecified atom stereocenters. The molecular weight excluding hydrogens is 304 g/mol. The minimum absolute atomic E-state index is 0.00594. The van der Waals surface area contributed by atoms with E-state index in [4.69, 9.17) is 0 Å². The lowest BCUT2D eigenvalue weighted by atomic mass is 10.1. The third kappa shape index (κ3) is 4.84. The normalized spacial score (nSPS) is 12.3. The van der Waals surface area contributed by atoms with E-state index < -0.39 is 5.54 Å². The summed E-state index contributed by atoms with van der Waals surface area (Å²) in [6.45, 7) is 6.19. The largest absolute Gasteiger partial charge is 0.508 e. The summed E-state index contributed by atoms with van der Waals surface area (Å²) >= 11 is 0. The molecule has 0 aromatic heterocycles. The maximum atomic E-state index is 9.86. The summed E-state index contributed by atoms with van der Waals surface area (Å²) in [5.41, 5.74) is 1.71. The molecule has 5 nitrogen and oxygen atoms in total. The molecule has 2 aromatic rings. The zero-order chi connectivity index (χ0) is 17.7. The van der Waals surface area contributed by atoms with Crippen molar-refractivity contribution >= 4 is 12.4 Å². The molecule has 5 heteroatoms. The zero-order valence-corrected chi connectivity index (χ0v) is 14.1. The topological polar surface area (TPSA) is 85.4 Å². The lowest BCUT2D eigenvalue weighted by molar-refractivity contribution is 0.450. The van der Waals surface area contributed by atoms with E-state index in [0.717, 1.165) is 5.56 Å². The van der Waals surface area contributed by atoms with Gasteiger partial charge in [-0.15, -0.1) is 0 Å². The van der Waals surface area contributed by atoms with Gasteiger partial charge in [0.25, 0.3) is 0 Å². The van der Waals surface area contributed by atoms with Crippen LogP contribution in [0.2, 0.25) is 0 Å². The first kappa shape index (κ1) is 17.5. The first-order chi connectivity index (χ1) is 11.3. The molecule has 3 N–H and O–H groups in total. The van der Waals surface area contributed by atoms with E-state index in [1.807, 2.05) is 32.9 Å². The number of rotatable bonds is 5. The first-order valence-electron chi connectivity index (χ1n) is 7.63. The highest BCUT2D eigenvalue weighted by molar-refractivity contribution is 5.84. The zero-order valence-electron chi connectivity index (χ0n) is 14.1. The Labute approximate surface area is 141 Å². The van der Waals surface area contributed by atoms with Crippen LogP contribution in [0.5, 0.6) is 17.2 Å². The summed E-state index contributed by atoms with van der Waals surface area (Å²) in [6.07, 6.45) is 3.19. The third-order valence-corrected chi connectivity index (χ3v) is 3.46. The predicted molar refractivity (Wildman–Crippen MR) is 96.7 cm³/mol. The molecule has 0 spiro atoms. The van der Waals surface area contributed by atoms with Crippen LogP contribution >= 0.6 is 0 Å². The van der Waals surface area contributed by atoms with E-state index >= 15 is 0 Å². The van der Waals surface area contributed by atoms with Gasteiger partial charge < -0.3 is 15.3 Å². The smallest absolute Gasteiger partial charge is 0.128 e. The van der Waals surface area contributed by atoms with Crippen LogP contribution < -0.4 is 0 Å². The molecule has 0 aliphatic rings. The first-order valence-corrected chi connectivity index (χ1v) is 7.63. The second kappa shape index (κ2) is 7.17. The molecule has 2 rings (SSSR count). The molecule has 0 amide bonds. The van der Waals surface area contributed by atoms with Crippen LogP contribution in [-0.2, 0) is 0 Å². The number of aromatic hydroxyl groups is 3. The van der Waals surface area contributed by atoms with Crippen molar-refractivity contribution in [2.45, 2.75) is 26.3 Å². The number of hydrogen-bond donors (Lipinski definition) is 3. The Hall–Kier alpha value is -2.82. The second-order valence-electron chi connectivity index (χ2n) is 6.35. The van der Waals surface area contributed by atoms with Crippen LogP contribution in [0.15, 0.2) is 46.4 Å². The number of benzene rings is 2. The number of hydrogen-bond acceptors (Lipinski definition) is 5. The molecule has 0 saturated heterocycles. The maximum Gasteiger partial charge on any atom is 0.128 e. The number of phenols is 3. The summed E-state index contributed by atoms with van der Waals surface area (Å²) < 4.78 is 0. The van der Waals surface area contributed by atoms with Crippen molar-refractivity contribution in [1.29, 1.82) is 0 Å². The predicted octanol–water partition coefficient (Wildman–Crippen LogP) is 3.43. The van der Waals surface area contributed by atoms with Gasteiger partial charge in [-0.2, -0.15) is 0 Å². The van der Waals surface area contributed by atoms with Crippen LogP contribution in [0.3, 0.4) is 0 Å². The van der Waals surface area contributed by atoms with Crippen LogP contribution in [0.1, 0.15) is 30.5 Å². The summed E-state index contributed by atoms with van der Waals surface area (Å²) in [7, 11) is 0. The molecule has 2 aromatic carbocycles. The van der Waals surface area contributed by atoms with E-state index in [-0.39, 0.29) is 17.2 Å². The number of nitrogens with zero attached hydrogens (tertiary/aromatic N) is 2. The number of aryl methyl sites for hydroxylation is 1. The van der Waals surface area contributed by atoms with Crippen molar-refractivity contribution in [1.82, 2.24) is 0 Å². The molecule has 0 bridgehead atoms. The standard InChI is InChI=1S/C19H22N2O3/c1-13-4-5-14(17(23)8-13)10-20-12-19(2,3)21-11-15-6-7-16(22)9-18(15)24/h4-11,22-24H,12H2,1-3H3. The highest BCUT2D eigenvalue weighted by Crippen LogP contribution is 2.22. The van der Waals surface area contributed by atoms with E-state index in [1.54, 1.807) is 24.6 Å². The second-order valence-corrected chi connectivity index (χ2v) is 6.35. The summed E-state index contributed by atoms with van der Waals surface area (Å²) in [5, 5.41) is 28.9. The molecule has 126 valence electrons. The van der Waals surface area contributed by atoms with Crippen LogP contribution in [0.4, 0.5) is 0 Å². The van der Waals surface area contributed by atoms with Crippen molar-refractivity contribution < 1.29 is 15.3 Å². The highest BCUT2D eigenvalue weighted by atomic mass is 16.3. The molecule has 0 heterocycles. The molecular formula is C19H22N2O3. The van der Waals surface area contributed by atoms with Gasteiger partial charge in [-0.1, -0.05) is 6.07 Å². The van der Waals surface area contributed by atoms with Gasteiger partial charge in [0.05, 0.1) is 12.1 Å². The maximum absolute atomic E-state index is 9.86. The van der Waals surface area contributed by atoms with Gasteiger partial charge in [0.2, 0.25) is 0 Å². The van der Waals surface area contributed by atoms with Gasteiger partial charge in [0, 0.05) is 29.6 Å². The number of phenolic OH excluding ortho intramolecular Hbond substituents is 3. The Balaban J connectivity index is 2.05. The molecule has 0 aliphatic heterocycles. The van der Waals surface area contributed by atoms with Crippen molar-refractivity contribution in [3.63, 3.8) is 0 Å². The minimum atomic E-state index is -0.471. The molecule has 0 saturated carbocycles. The van der Waals surface area contributed by atoms with E-state index in [2.05, 4.69) is 9.98 Å². The summed E-state index contributed by atoms with van der Waals surface area (Å²) in [6, 6.07) is 9.78. The van der Waals surface area contributed by atoms with Gasteiger partial charge in [0.1, 0.15) is 17.2 Å². The highest BCUT2D eigenvalue weighted by Gasteiger charge is 2.14. The van der Waals surface area contributed by atoms with Crippen LogP contribution in [0.25, 0.3) is 0 Å².